The molecule has 4 heteroatoms. The highest BCUT2D eigenvalue weighted by molar-refractivity contribution is 7.73. The highest BCUT2D eigenvalue weighted by Crippen LogP contribution is 2.36. The van der Waals surface area contributed by atoms with Crippen LogP contribution >= 0.6 is 15.8 Å². The van der Waals surface area contributed by atoms with Crippen LogP contribution in [0.15, 0.2) is 121 Å². The normalized spacial score (nSPS) is 12.4. The van der Waals surface area contributed by atoms with Crippen LogP contribution in [0.2, 0.25) is 0 Å². The summed E-state index contributed by atoms with van der Waals surface area (Å²) in [5, 5.41) is 7.94. The largest absolute Gasteiger partial charge is 0.302 e. The van der Waals surface area contributed by atoms with E-state index in [0.29, 0.717) is 6.04 Å². The van der Waals surface area contributed by atoms with Crippen molar-refractivity contribution < 1.29 is 4.84 Å². The maximum Gasteiger partial charge on any atom is 0.0575 e. The summed E-state index contributed by atoms with van der Waals surface area (Å²) < 4.78 is 0. The van der Waals surface area contributed by atoms with Gasteiger partial charge in [0.05, 0.1) is 7.11 Å². The fourth-order valence-electron chi connectivity index (χ4n) is 4.40. The standard InChI is InChI=1S/C31H35NOP2/c1-27(23-25-34(28-15-7-3-8-16-28)29-17-9-4-10-18-29)32(33-2)24-26-35(30-19-11-5-12-20-30)31-21-13-6-14-22-31/h3-22,27H,23-26H2,1-2H3. The van der Waals surface area contributed by atoms with Crippen LogP contribution in [0.25, 0.3) is 0 Å². The van der Waals surface area contributed by atoms with Gasteiger partial charge in [-0.05, 0) is 62.7 Å². The van der Waals surface area contributed by atoms with Gasteiger partial charge in [-0.15, -0.1) is 0 Å². The molecule has 1 unspecified atom stereocenters. The topological polar surface area (TPSA) is 12.5 Å². The molecule has 0 fully saturated rings. The number of hydrogen-bond donors (Lipinski definition) is 0. The van der Waals surface area contributed by atoms with Gasteiger partial charge >= 0.3 is 0 Å². The molecule has 4 aromatic carbocycles. The lowest BCUT2D eigenvalue weighted by Crippen LogP contribution is -2.36. The zero-order valence-corrected chi connectivity index (χ0v) is 22.5. The zero-order valence-electron chi connectivity index (χ0n) is 20.7. The summed E-state index contributed by atoms with van der Waals surface area (Å²) >= 11 is 0. The van der Waals surface area contributed by atoms with E-state index in [4.69, 9.17) is 4.84 Å². The zero-order chi connectivity index (χ0) is 24.3. The summed E-state index contributed by atoms with van der Waals surface area (Å²) in [4.78, 5) is 5.93. The fraction of sp³-hybridized carbons (Fsp3) is 0.226. The van der Waals surface area contributed by atoms with Crippen LogP contribution in [0.3, 0.4) is 0 Å². The van der Waals surface area contributed by atoms with Gasteiger partial charge < -0.3 is 4.84 Å². The van der Waals surface area contributed by atoms with Crippen molar-refractivity contribution in [3.8, 4) is 0 Å². The first kappa shape index (κ1) is 25.7. The van der Waals surface area contributed by atoms with Gasteiger partial charge in [0.2, 0.25) is 0 Å². The molecule has 0 N–H and O–H groups in total. The highest BCUT2D eigenvalue weighted by atomic mass is 31.1. The van der Waals surface area contributed by atoms with E-state index in [2.05, 4.69) is 133 Å². The maximum atomic E-state index is 5.93. The number of nitrogens with zero attached hydrogens (tertiary/aromatic N) is 1. The third-order valence-electron chi connectivity index (χ3n) is 6.31. The predicted molar refractivity (Wildman–Crippen MR) is 156 cm³/mol. The summed E-state index contributed by atoms with van der Waals surface area (Å²) in [7, 11) is 1.01. The Kier molecular flexibility index (Phi) is 10.1. The Morgan fingerprint density at radius 3 is 1.26 bits per heavy atom. The van der Waals surface area contributed by atoms with Gasteiger partial charge in [0.25, 0.3) is 0 Å². The molecule has 0 saturated heterocycles. The highest BCUT2D eigenvalue weighted by Gasteiger charge is 2.21. The first-order valence-corrected chi connectivity index (χ1v) is 15.4. The number of rotatable bonds is 12. The molecule has 0 spiro atoms. The lowest BCUT2D eigenvalue weighted by molar-refractivity contribution is -0.153. The van der Waals surface area contributed by atoms with Crippen LogP contribution in [0, 0.1) is 0 Å². The van der Waals surface area contributed by atoms with Crippen molar-refractivity contribution in [3.05, 3.63) is 121 Å². The van der Waals surface area contributed by atoms with Crippen LogP contribution in [0.1, 0.15) is 13.3 Å². The van der Waals surface area contributed by atoms with Crippen molar-refractivity contribution in [2.45, 2.75) is 19.4 Å². The van der Waals surface area contributed by atoms with Gasteiger partial charge in [0, 0.05) is 12.6 Å². The first-order chi connectivity index (χ1) is 17.3. The van der Waals surface area contributed by atoms with E-state index < -0.39 is 7.92 Å². The van der Waals surface area contributed by atoms with Crippen molar-refractivity contribution in [1.29, 1.82) is 0 Å². The van der Waals surface area contributed by atoms with Crippen molar-refractivity contribution in [1.82, 2.24) is 5.06 Å². The maximum absolute atomic E-state index is 5.93. The van der Waals surface area contributed by atoms with E-state index in [-0.39, 0.29) is 7.92 Å². The molecular formula is C31H35NOP2. The molecule has 0 saturated carbocycles. The molecule has 0 aromatic heterocycles. The number of hydrogen-bond acceptors (Lipinski definition) is 2. The minimum atomic E-state index is -0.425. The van der Waals surface area contributed by atoms with Gasteiger partial charge in [0.15, 0.2) is 0 Å². The Balaban J connectivity index is 1.43. The minimum absolute atomic E-state index is 0.348. The molecule has 0 aliphatic carbocycles. The summed E-state index contributed by atoms with van der Waals surface area (Å²) in [5.74, 6) is 0. The van der Waals surface area contributed by atoms with Crippen LogP contribution in [-0.2, 0) is 4.84 Å². The second kappa shape index (κ2) is 13.7. The van der Waals surface area contributed by atoms with Crippen molar-refractivity contribution >= 4 is 37.1 Å². The van der Waals surface area contributed by atoms with Crippen LogP contribution in [-0.4, -0.2) is 37.1 Å². The first-order valence-electron chi connectivity index (χ1n) is 12.3. The van der Waals surface area contributed by atoms with E-state index in [1.807, 2.05) is 7.11 Å². The lowest BCUT2D eigenvalue weighted by Gasteiger charge is -2.30. The molecule has 0 aliphatic heterocycles. The van der Waals surface area contributed by atoms with E-state index >= 15 is 0 Å². The quantitative estimate of drug-likeness (QED) is 0.178. The molecule has 0 heterocycles. The van der Waals surface area contributed by atoms with Crippen LogP contribution < -0.4 is 21.2 Å². The molecule has 0 aliphatic rings. The molecule has 35 heavy (non-hydrogen) atoms. The van der Waals surface area contributed by atoms with Crippen molar-refractivity contribution in [3.63, 3.8) is 0 Å². The van der Waals surface area contributed by atoms with Gasteiger partial charge in [0.1, 0.15) is 0 Å². The molecule has 4 aromatic rings. The Bertz CT molecular complexity index is 1030. The Hall–Kier alpha value is -2.34. The molecule has 0 bridgehead atoms. The molecule has 180 valence electrons. The second-order valence-electron chi connectivity index (χ2n) is 8.61. The van der Waals surface area contributed by atoms with Gasteiger partial charge in [-0.3, -0.25) is 0 Å². The average Bonchev–Trinajstić information content (AvgIpc) is 2.93. The number of benzene rings is 4. The number of hydroxylamine groups is 2. The van der Waals surface area contributed by atoms with Crippen molar-refractivity contribution in [2.24, 2.45) is 0 Å². The predicted octanol–water partition coefficient (Wildman–Crippen LogP) is 5.89. The summed E-state index contributed by atoms with van der Waals surface area (Å²) in [6.07, 6.45) is 3.32. The molecule has 0 radical (unpaired) electrons. The SMILES string of the molecule is CON(CCP(c1ccccc1)c1ccccc1)C(C)CCP(c1ccccc1)c1ccccc1. The Labute approximate surface area is 213 Å². The average molecular weight is 500 g/mol. The summed E-state index contributed by atoms with van der Waals surface area (Å²) in [6.45, 7) is 3.22. The van der Waals surface area contributed by atoms with Gasteiger partial charge in [-0.25, -0.2) is 0 Å². The lowest BCUT2D eigenvalue weighted by atomic mass is 10.2. The monoisotopic (exact) mass is 499 g/mol. The van der Waals surface area contributed by atoms with Crippen LogP contribution in [0.4, 0.5) is 0 Å². The molecule has 1 atom stereocenters. The van der Waals surface area contributed by atoms with Crippen LogP contribution in [0.5, 0.6) is 0 Å². The van der Waals surface area contributed by atoms with E-state index in [1.165, 1.54) is 21.2 Å². The van der Waals surface area contributed by atoms with E-state index in [9.17, 15) is 0 Å². The fourth-order valence-corrected chi connectivity index (χ4v) is 9.18. The van der Waals surface area contributed by atoms with Gasteiger partial charge in [-0.2, -0.15) is 5.06 Å². The Morgan fingerprint density at radius 1 is 0.571 bits per heavy atom. The second-order valence-corrected chi connectivity index (χ2v) is 13.3. The van der Waals surface area contributed by atoms with E-state index in [1.54, 1.807) is 0 Å². The summed E-state index contributed by atoms with van der Waals surface area (Å²) in [5.41, 5.74) is 0. The molecule has 4 rings (SSSR count). The third kappa shape index (κ3) is 7.33. The third-order valence-corrected chi connectivity index (χ3v) is 11.4. The summed E-state index contributed by atoms with van der Waals surface area (Å²) in [6, 6.07) is 44.2. The Morgan fingerprint density at radius 2 is 0.914 bits per heavy atom. The molecular weight excluding hydrogens is 464 g/mol. The molecule has 2 nitrogen and oxygen atoms in total. The van der Waals surface area contributed by atoms with Crippen molar-refractivity contribution in [2.75, 3.05) is 26.0 Å². The molecule has 0 amide bonds. The minimum Gasteiger partial charge on any atom is -0.302 e. The van der Waals surface area contributed by atoms with E-state index in [0.717, 1.165) is 25.3 Å². The smallest absolute Gasteiger partial charge is 0.0575 e. The van der Waals surface area contributed by atoms with Gasteiger partial charge in [-0.1, -0.05) is 121 Å².